The lowest BCUT2D eigenvalue weighted by atomic mass is 10.2. The summed E-state index contributed by atoms with van der Waals surface area (Å²) in [6, 6.07) is 6.47. The van der Waals surface area contributed by atoms with Gasteiger partial charge in [-0.1, -0.05) is 6.07 Å². The highest BCUT2D eigenvalue weighted by molar-refractivity contribution is 7.92. The van der Waals surface area contributed by atoms with Crippen molar-refractivity contribution in [3.05, 3.63) is 53.6 Å². The van der Waals surface area contributed by atoms with Gasteiger partial charge in [0, 0.05) is 6.07 Å². The summed E-state index contributed by atoms with van der Waals surface area (Å²) >= 11 is 0. The molecule has 20 heavy (non-hydrogen) atoms. The van der Waals surface area contributed by atoms with Gasteiger partial charge in [-0.25, -0.2) is 17.2 Å². The third kappa shape index (κ3) is 2.88. The average molecular weight is 299 g/mol. The average Bonchev–Trinajstić information content (AvgIpc) is 2.35. The van der Waals surface area contributed by atoms with Crippen LogP contribution in [-0.4, -0.2) is 13.5 Å². The van der Waals surface area contributed by atoms with Crippen LogP contribution in [0.3, 0.4) is 0 Å². The Morgan fingerprint density at radius 1 is 1.10 bits per heavy atom. The van der Waals surface area contributed by atoms with Crippen LogP contribution in [0.15, 0.2) is 41.3 Å². The lowest BCUT2D eigenvalue weighted by molar-refractivity contribution is 0.459. The molecule has 0 amide bonds. The Balaban J connectivity index is 2.43. The summed E-state index contributed by atoms with van der Waals surface area (Å²) in [6.07, 6.45) is 0. The Labute approximate surface area is 114 Å². The van der Waals surface area contributed by atoms with E-state index in [-0.39, 0.29) is 4.90 Å². The highest BCUT2D eigenvalue weighted by Gasteiger charge is 2.20. The summed E-state index contributed by atoms with van der Waals surface area (Å²) in [5.41, 5.74) is 0.218. The quantitative estimate of drug-likeness (QED) is 0.916. The van der Waals surface area contributed by atoms with E-state index in [0.717, 1.165) is 12.1 Å². The van der Waals surface area contributed by atoms with Gasteiger partial charge < -0.3 is 5.11 Å². The molecule has 106 valence electrons. The van der Waals surface area contributed by atoms with Gasteiger partial charge in [0.1, 0.15) is 22.3 Å². The maximum atomic E-state index is 13.4. The topological polar surface area (TPSA) is 66.4 Å². The summed E-state index contributed by atoms with van der Waals surface area (Å²) in [5, 5.41) is 9.59. The standard InChI is InChI=1S/C13H11F2NO3S/c1-8-2-5-12(17)13(6-8)20(18,19)16-11-4-3-9(14)7-10(11)15/h2-7,16-17H,1H3. The van der Waals surface area contributed by atoms with Crippen molar-refractivity contribution in [2.24, 2.45) is 0 Å². The van der Waals surface area contributed by atoms with Crippen LogP contribution < -0.4 is 4.72 Å². The highest BCUT2D eigenvalue weighted by Crippen LogP contribution is 2.26. The minimum absolute atomic E-state index is 0.374. The molecular weight excluding hydrogens is 288 g/mol. The number of phenolic OH excluding ortho intramolecular Hbond substituents is 1. The van der Waals surface area contributed by atoms with Crippen LogP contribution in [0.4, 0.5) is 14.5 Å². The van der Waals surface area contributed by atoms with Gasteiger partial charge in [0.2, 0.25) is 0 Å². The molecule has 0 bridgehead atoms. The second-order valence-corrected chi connectivity index (χ2v) is 5.85. The molecule has 0 spiro atoms. The maximum Gasteiger partial charge on any atom is 0.265 e. The van der Waals surface area contributed by atoms with Gasteiger partial charge in [0.05, 0.1) is 5.69 Å². The molecule has 0 fully saturated rings. The Kier molecular flexibility index (Phi) is 3.63. The first kappa shape index (κ1) is 14.3. The van der Waals surface area contributed by atoms with E-state index in [1.807, 2.05) is 4.72 Å². The normalized spacial score (nSPS) is 11.3. The fourth-order valence-corrected chi connectivity index (χ4v) is 2.86. The molecule has 0 aliphatic heterocycles. The monoisotopic (exact) mass is 299 g/mol. The van der Waals surface area contributed by atoms with Crippen LogP contribution in [0.2, 0.25) is 0 Å². The van der Waals surface area contributed by atoms with Crippen molar-refractivity contribution in [2.45, 2.75) is 11.8 Å². The fourth-order valence-electron chi connectivity index (χ4n) is 1.61. The number of benzene rings is 2. The van der Waals surface area contributed by atoms with Gasteiger partial charge in [-0.15, -0.1) is 0 Å². The first-order valence-corrected chi connectivity index (χ1v) is 7.05. The van der Waals surface area contributed by atoms with Gasteiger partial charge in [-0.2, -0.15) is 0 Å². The number of anilines is 1. The molecule has 0 aliphatic rings. The van der Waals surface area contributed by atoms with Crippen LogP contribution in [0.1, 0.15) is 5.56 Å². The van der Waals surface area contributed by atoms with Gasteiger partial charge >= 0.3 is 0 Å². The van der Waals surface area contributed by atoms with Crippen LogP contribution in [0, 0.1) is 18.6 Å². The largest absolute Gasteiger partial charge is 0.507 e. The maximum absolute atomic E-state index is 13.4. The molecule has 0 saturated heterocycles. The lowest BCUT2D eigenvalue weighted by Crippen LogP contribution is -2.14. The molecule has 0 unspecified atom stereocenters. The minimum atomic E-state index is -4.16. The van der Waals surface area contributed by atoms with Crippen molar-refractivity contribution in [3.8, 4) is 5.75 Å². The first-order valence-electron chi connectivity index (χ1n) is 5.57. The molecule has 2 rings (SSSR count). The molecule has 2 N–H and O–H groups in total. The summed E-state index contributed by atoms with van der Waals surface area (Å²) < 4.78 is 52.3. The summed E-state index contributed by atoms with van der Waals surface area (Å²) in [4.78, 5) is -0.374. The van der Waals surface area contributed by atoms with Crippen molar-refractivity contribution in [1.82, 2.24) is 0 Å². The highest BCUT2D eigenvalue weighted by atomic mass is 32.2. The van der Waals surface area contributed by atoms with Gasteiger partial charge in [0.25, 0.3) is 10.0 Å². The molecule has 0 aromatic heterocycles. The molecule has 2 aromatic rings. The van der Waals surface area contributed by atoms with Crippen LogP contribution in [0.25, 0.3) is 0 Å². The zero-order chi connectivity index (χ0) is 14.9. The number of halogens is 2. The van der Waals surface area contributed by atoms with Crippen LogP contribution >= 0.6 is 0 Å². The molecular formula is C13H11F2NO3S. The number of sulfonamides is 1. The van der Waals surface area contributed by atoms with Crippen molar-refractivity contribution < 1.29 is 22.3 Å². The lowest BCUT2D eigenvalue weighted by Gasteiger charge is -2.10. The minimum Gasteiger partial charge on any atom is -0.507 e. The van der Waals surface area contributed by atoms with E-state index in [9.17, 15) is 22.3 Å². The van der Waals surface area contributed by atoms with E-state index in [2.05, 4.69) is 0 Å². The molecule has 0 atom stereocenters. The van der Waals surface area contributed by atoms with E-state index in [4.69, 9.17) is 0 Å². The number of aromatic hydroxyl groups is 1. The molecule has 0 radical (unpaired) electrons. The molecule has 0 saturated carbocycles. The SMILES string of the molecule is Cc1ccc(O)c(S(=O)(=O)Nc2ccc(F)cc2F)c1. The van der Waals surface area contributed by atoms with E-state index >= 15 is 0 Å². The molecule has 4 nitrogen and oxygen atoms in total. The molecule has 0 heterocycles. The fraction of sp³-hybridized carbons (Fsp3) is 0.0769. The summed E-state index contributed by atoms with van der Waals surface area (Å²) in [7, 11) is -4.16. The number of aryl methyl sites for hydroxylation is 1. The number of rotatable bonds is 3. The van der Waals surface area contributed by atoms with Crippen molar-refractivity contribution in [3.63, 3.8) is 0 Å². The second-order valence-electron chi connectivity index (χ2n) is 4.20. The molecule has 7 heteroatoms. The van der Waals surface area contributed by atoms with Crippen molar-refractivity contribution in [1.29, 1.82) is 0 Å². The predicted molar refractivity (Wildman–Crippen MR) is 70.0 cm³/mol. The number of phenols is 1. The predicted octanol–water partition coefficient (Wildman–Crippen LogP) is 2.78. The second kappa shape index (κ2) is 5.09. The van der Waals surface area contributed by atoms with Gasteiger partial charge in [0.15, 0.2) is 0 Å². The van der Waals surface area contributed by atoms with Crippen molar-refractivity contribution >= 4 is 15.7 Å². The van der Waals surface area contributed by atoms with E-state index in [1.54, 1.807) is 6.92 Å². The molecule has 0 aliphatic carbocycles. The Hall–Kier alpha value is -2.15. The van der Waals surface area contributed by atoms with Crippen molar-refractivity contribution in [2.75, 3.05) is 4.72 Å². The Morgan fingerprint density at radius 3 is 2.45 bits per heavy atom. The molecule has 2 aromatic carbocycles. The van der Waals surface area contributed by atoms with Gasteiger partial charge in [-0.3, -0.25) is 4.72 Å². The smallest absolute Gasteiger partial charge is 0.265 e. The first-order chi connectivity index (χ1) is 9.29. The zero-order valence-electron chi connectivity index (χ0n) is 10.4. The van der Waals surface area contributed by atoms with Crippen LogP contribution in [-0.2, 0) is 10.0 Å². The third-order valence-corrected chi connectivity index (χ3v) is 3.97. The number of nitrogens with one attached hydrogen (secondary N) is 1. The summed E-state index contributed by atoms with van der Waals surface area (Å²) in [6.45, 7) is 1.65. The van der Waals surface area contributed by atoms with E-state index in [1.165, 1.54) is 18.2 Å². The van der Waals surface area contributed by atoms with Crippen LogP contribution in [0.5, 0.6) is 5.75 Å². The van der Waals surface area contributed by atoms with E-state index in [0.29, 0.717) is 11.6 Å². The van der Waals surface area contributed by atoms with E-state index < -0.39 is 33.1 Å². The Bertz CT molecular complexity index is 760. The number of hydrogen-bond donors (Lipinski definition) is 2. The Morgan fingerprint density at radius 2 is 1.80 bits per heavy atom. The summed E-state index contributed by atoms with van der Waals surface area (Å²) in [5.74, 6) is -2.31. The third-order valence-electron chi connectivity index (χ3n) is 2.58. The number of hydrogen-bond acceptors (Lipinski definition) is 3. The zero-order valence-corrected chi connectivity index (χ0v) is 11.2. The van der Waals surface area contributed by atoms with Gasteiger partial charge in [-0.05, 0) is 36.8 Å².